The molecule has 88 valence electrons. The first kappa shape index (κ1) is 12.1. The Kier molecular flexibility index (Phi) is 3.82. The molecule has 1 unspecified atom stereocenters. The predicted octanol–water partition coefficient (Wildman–Crippen LogP) is 2.46. The molecule has 0 aromatic heterocycles. The molecule has 1 N–H and O–H groups in total. The van der Waals surface area contributed by atoms with Gasteiger partial charge in [0.25, 0.3) is 0 Å². The predicted molar refractivity (Wildman–Crippen MR) is 47.3 cm³/mol. The first-order chi connectivity index (χ1) is 6.87. The fourth-order valence-electron chi connectivity index (χ4n) is 1.30. The Hall–Kier alpha value is -0.940. The van der Waals surface area contributed by atoms with Gasteiger partial charge in [0.1, 0.15) is 0 Å². The lowest BCUT2D eigenvalue weighted by atomic mass is 10.2. The monoisotopic (exact) mass is 225 g/mol. The molecule has 1 aliphatic rings. The standard InChI is InChI=1S/C9H14F3NO2/c1-6(4-7-2-3-7)13-8(14)15-5-9(10,11)12/h6-7H,2-5H2,1H3,(H,13,14). The van der Waals surface area contributed by atoms with E-state index in [0.29, 0.717) is 5.92 Å². The number of carbonyl (C=O) groups excluding carboxylic acids is 1. The fourth-order valence-corrected chi connectivity index (χ4v) is 1.30. The zero-order valence-electron chi connectivity index (χ0n) is 8.43. The average Bonchev–Trinajstić information content (AvgIpc) is 2.83. The molecule has 0 aromatic carbocycles. The summed E-state index contributed by atoms with van der Waals surface area (Å²) in [6.07, 6.45) is -2.37. The molecular weight excluding hydrogens is 211 g/mol. The Morgan fingerprint density at radius 1 is 1.53 bits per heavy atom. The van der Waals surface area contributed by atoms with Crippen molar-refractivity contribution >= 4 is 6.09 Å². The van der Waals surface area contributed by atoms with E-state index in [2.05, 4.69) is 10.1 Å². The Balaban J connectivity index is 2.11. The van der Waals surface area contributed by atoms with Gasteiger partial charge in [-0.25, -0.2) is 4.79 Å². The number of halogens is 3. The maximum absolute atomic E-state index is 11.7. The molecule has 0 spiro atoms. The minimum atomic E-state index is -4.46. The van der Waals surface area contributed by atoms with E-state index in [9.17, 15) is 18.0 Å². The first-order valence-electron chi connectivity index (χ1n) is 4.87. The third-order valence-electron chi connectivity index (χ3n) is 2.11. The molecule has 0 aromatic rings. The van der Waals surface area contributed by atoms with E-state index in [-0.39, 0.29) is 6.04 Å². The van der Waals surface area contributed by atoms with Gasteiger partial charge < -0.3 is 10.1 Å². The molecule has 0 bridgehead atoms. The lowest BCUT2D eigenvalue weighted by Gasteiger charge is -2.14. The van der Waals surface area contributed by atoms with Gasteiger partial charge in [0.15, 0.2) is 6.61 Å². The summed E-state index contributed by atoms with van der Waals surface area (Å²) < 4.78 is 39.0. The minimum Gasteiger partial charge on any atom is -0.440 e. The summed E-state index contributed by atoms with van der Waals surface area (Å²) in [7, 11) is 0. The van der Waals surface area contributed by atoms with Gasteiger partial charge in [-0.1, -0.05) is 12.8 Å². The van der Waals surface area contributed by atoms with Crippen molar-refractivity contribution in [1.29, 1.82) is 0 Å². The molecule has 0 heterocycles. The number of nitrogens with one attached hydrogen (secondary N) is 1. The molecule has 0 radical (unpaired) electrons. The number of alkyl carbamates (subject to hydrolysis) is 1. The van der Waals surface area contributed by atoms with Crippen LogP contribution in [0.4, 0.5) is 18.0 Å². The Morgan fingerprint density at radius 2 is 2.13 bits per heavy atom. The molecule has 1 fully saturated rings. The Labute approximate surface area is 86.0 Å². The number of rotatable bonds is 4. The summed E-state index contributed by atoms with van der Waals surface area (Å²) in [5.41, 5.74) is 0. The van der Waals surface area contributed by atoms with Crippen LogP contribution in [-0.4, -0.2) is 24.9 Å². The number of amides is 1. The number of carbonyl (C=O) groups is 1. The summed E-state index contributed by atoms with van der Waals surface area (Å²) >= 11 is 0. The summed E-state index contributed by atoms with van der Waals surface area (Å²) in [5, 5.41) is 2.36. The largest absolute Gasteiger partial charge is 0.440 e. The van der Waals surface area contributed by atoms with Crippen molar-refractivity contribution in [3.8, 4) is 0 Å². The third kappa shape index (κ3) is 6.19. The van der Waals surface area contributed by atoms with Crippen molar-refractivity contribution in [3.63, 3.8) is 0 Å². The van der Waals surface area contributed by atoms with Crippen molar-refractivity contribution < 1.29 is 22.7 Å². The molecular formula is C9H14F3NO2. The van der Waals surface area contributed by atoms with Crippen LogP contribution in [0.5, 0.6) is 0 Å². The van der Waals surface area contributed by atoms with Crippen molar-refractivity contribution in [1.82, 2.24) is 5.32 Å². The maximum Gasteiger partial charge on any atom is 0.422 e. The van der Waals surface area contributed by atoms with Crippen LogP contribution < -0.4 is 5.32 Å². The molecule has 0 saturated heterocycles. The summed E-state index contributed by atoms with van der Waals surface area (Å²) in [6, 6.07) is -0.127. The summed E-state index contributed by atoms with van der Waals surface area (Å²) in [5.74, 6) is 0.614. The van der Waals surface area contributed by atoms with Gasteiger partial charge in [-0.2, -0.15) is 13.2 Å². The second kappa shape index (κ2) is 4.72. The molecule has 3 nitrogen and oxygen atoms in total. The fraction of sp³-hybridized carbons (Fsp3) is 0.889. The molecule has 0 aliphatic heterocycles. The highest BCUT2D eigenvalue weighted by atomic mass is 19.4. The smallest absolute Gasteiger partial charge is 0.422 e. The van der Waals surface area contributed by atoms with E-state index >= 15 is 0 Å². The van der Waals surface area contributed by atoms with E-state index < -0.39 is 18.9 Å². The highest BCUT2D eigenvalue weighted by Crippen LogP contribution is 2.33. The van der Waals surface area contributed by atoms with E-state index in [1.807, 2.05) is 0 Å². The topological polar surface area (TPSA) is 38.3 Å². The van der Waals surface area contributed by atoms with Crippen LogP contribution >= 0.6 is 0 Å². The van der Waals surface area contributed by atoms with Crippen LogP contribution in [0.2, 0.25) is 0 Å². The number of alkyl halides is 3. The number of hydrogen-bond donors (Lipinski definition) is 1. The molecule has 15 heavy (non-hydrogen) atoms. The minimum absolute atomic E-state index is 0.127. The van der Waals surface area contributed by atoms with Crippen LogP contribution in [0, 0.1) is 5.92 Å². The van der Waals surface area contributed by atoms with Crippen LogP contribution in [0.15, 0.2) is 0 Å². The molecule has 1 saturated carbocycles. The van der Waals surface area contributed by atoms with Crippen LogP contribution in [0.3, 0.4) is 0 Å². The molecule has 1 aliphatic carbocycles. The van der Waals surface area contributed by atoms with Crippen molar-refractivity contribution in [3.05, 3.63) is 0 Å². The van der Waals surface area contributed by atoms with Gasteiger partial charge in [0, 0.05) is 6.04 Å². The number of ether oxygens (including phenoxy) is 1. The van der Waals surface area contributed by atoms with Gasteiger partial charge >= 0.3 is 12.3 Å². The molecule has 1 amide bonds. The van der Waals surface area contributed by atoms with E-state index in [1.165, 1.54) is 0 Å². The highest BCUT2D eigenvalue weighted by Gasteiger charge is 2.30. The SMILES string of the molecule is CC(CC1CC1)NC(=O)OCC(F)(F)F. The second-order valence-electron chi connectivity index (χ2n) is 3.92. The average molecular weight is 225 g/mol. The van der Waals surface area contributed by atoms with Gasteiger partial charge in [-0.15, -0.1) is 0 Å². The Morgan fingerprint density at radius 3 is 2.60 bits per heavy atom. The zero-order chi connectivity index (χ0) is 11.5. The third-order valence-corrected chi connectivity index (χ3v) is 2.11. The van der Waals surface area contributed by atoms with E-state index in [4.69, 9.17) is 0 Å². The van der Waals surface area contributed by atoms with Gasteiger partial charge in [0.05, 0.1) is 0 Å². The normalized spacial score (nSPS) is 18.4. The first-order valence-corrected chi connectivity index (χ1v) is 4.87. The molecule has 6 heteroatoms. The van der Waals surface area contributed by atoms with Gasteiger partial charge in [-0.3, -0.25) is 0 Å². The van der Waals surface area contributed by atoms with E-state index in [1.54, 1.807) is 6.92 Å². The van der Waals surface area contributed by atoms with Gasteiger partial charge in [-0.05, 0) is 19.3 Å². The maximum atomic E-state index is 11.7. The summed E-state index contributed by atoms with van der Waals surface area (Å²) in [4.78, 5) is 10.9. The van der Waals surface area contributed by atoms with Crippen molar-refractivity contribution in [2.75, 3.05) is 6.61 Å². The van der Waals surface area contributed by atoms with Crippen molar-refractivity contribution in [2.45, 2.75) is 38.4 Å². The van der Waals surface area contributed by atoms with Crippen LogP contribution in [0.1, 0.15) is 26.2 Å². The lowest BCUT2D eigenvalue weighted by molar-refractivity contribution is -0.160. The second-order valence-corrected chi connectivity index (χ2v) is 3.92. The zero-order valence-corrected chi connectivity index (χ0v) is 8.43. The number of hydrogen-bond acceptors (Lipinski definition) is 2. The van der Waals surface area contributed by atoms with E-state index in [0.717, 1.165) is 19.3 Å². The van der Waals surface area contributed by atoms with Crippen molar-refractivity contribution in [2.24, 2.45) is 5.92 Å². The molecule has 1 atom stereocenters. The van der Waals surface area contributed by atoms with Crippen LogP contribution in [-0.2, 0) is 4.74 Å². The Bertz CT molecular complexity index is 226. The van der Waals surface area contributed by atoms with Gasteiger partial charge in [0.2, 0.25) is 0 Å². The van der Waals surface area contributed by atoms with Crippen LogP contribution in [0.25, 0.3) is 0 Å². The highest BCUT2D eigenvalue weighted by molar-refractivity contribution is 5.67. The lowest BCUT2D eigenvalue weighted by Crippen LogP contribution is -2.35. The molecule has 1 rings (SSSR count). The quantitative estimate of drug-likeness (QED) is 0.798. The summed E-state index contributed by atoms with van der Waals surface area (Å²) in [6.45, 7) is 0.224.